The zero-order valence-corrected chi connectivity index (χ0v) is 14.4. The second-order valence-electron chi connectivity index (χ2n) is 5.90. The van der Waals surface area contributed by atoms with Crippen molar-refractivity contribution in [2.24, 2.45) is 0 Å². The molecule has 7 heteroatoms. The van der Waals surface area contributed by atoms with Crippen LogP contribution in [0.1, 0.15) is 27.2 Å². The van der Waals surface area contributed by atoms with Crippen LogP contribution in [0.5, 0.6) is 0 Å². The molecule has 0 bridgehead atoms. The van der Waals surface area contributed by atoms with Crippen molar-refractivity contribution in [3.05, 3.63) is 98.3 Å². The number of hydrogen-bond donors (Lipinski definition) is 1. The van der Waals surface area contributed by atoms with Gasteiger partial charge < -0.3 is 9.67 Å². The van der Waals surface area contributed by atoms with Crippen LogP contribution >= 0.6 is 11.6 Å². The fourth-order valence-electron chi connectivity index (χ4n) is 2.78. The lowest BCUT2D eigenvalue weighted by Gasteiger charge is -2.06. The second-order valence-corrected chi connectivity index (χ2v) is 6.33. The first-order valence-electron chi connectivity index (χ1n) is 7.82. The summed E-state index contributed by atoms with van der Waals surface area (Å²) in [7, 11) is 0. The van der Waals surface area contributed by atoms with Crippen molar-refractivity contribution >= 4 is 23.3 Å². The number of rotatable bonds is 6. The van der Waals surface area contributed by atoms with Gasteiger partial charge in [-0.3, -0.25) is 10.1 Å². The first-order chi connectivity index (χ1) is 12.4. The molecule has 0 unspecified atom stereocenters. The third-order valence-electron chi connectivity index (χ3n) is 3.97. The van der Waals surface area contributed by atoms with Crippen LogP contribution in [0, 0.1) is 10.1 Å². The molecule has 6 nitrogen and oxygen atoms in total. The minimum absolute atomic E-state index is 0.0204. The molecule has 1 aromatic heterocycles. The van der Waals surface area contributed by atoms with Crippen LogP contribution < -0.4 is 0 Å². The predicted molar refractivity (Wildman–Crippen MR) is 97.8 cm³/mol. The number of hydrogen-bond acceptors (Lipinski definition) is 3. The highest BCUT2D eigenvalue weighted by atomic mass is 35.5. The summed E-state index contributed by atoms with van der Waals surface area (Å²) in [4.78, 5) is 22.0. The number of nitrogens with zero attached hydrogens (tertiary/aromatic N) is 2. The fourth-order valence-corrected chi connectivity index (χ4v) is 2.91. The molecule has 0 aliphatic rings. The van der Waals surface area contributed by atoms with Gasteiger partial charge in [-0.1, -0.05) is 35.9 Å². The predicted octanol–water partition coefficient (Wildman–Crippen LogP) is 4.39. The van der Waals surface area contributed by atoms with E-state index in [1.54, 1.807) is 41.1 Å². The first-order valence-corrected chi connectivity index (χ1v) is 8.20. The largest absolute Gasteiger partial charge is 0.477 e. The van der Waals surface area contributed by atoms with Gasteiger partial charge in [0, 0.05) is 29.9 Å². The Morgan fingerprint density at radius 3 is 2.46 bits per heavy atom. The lowest BCUT2D eigenvalue weighted by atomic mass is 10.1. The van der Waals surface area contributed by atoms with Gasteiger partial charge in [0.2, 0.25) is 0 Å². The van der Waals surface area contributed by atoms with Gasteiger partial charge in [0.05, 0.1) is 4.92 Å². The zero-order valence-electron chi connectivity index (χ0n) is 13.6. The van der Waals surface area contributed by atoms with Gasteiger partial charge in [0.1, 0.15) is 5.69 Å². The lowest BCUT2D eigenvalue weighted by Crippen LogP contribution is -2.08. The molecule has 2 aromatic carbocycles. The van der Waals surface area contributed by atoms with Gasteiger partial charge in [0.25, 0.3) is 5.69 Å². The summed E-state index contributed by atoms with van der Waals surface area (Å²) in [6.07, 6.45) is 2.33. The van der Waals surface area contributed by atoms with Gasteiger partial charge >= 0.3 is 5.97 Å². The van der Waals surface area contributed by atoms with Crippen LogP contribution in [-0.2, 0) is 13.0 Å². The number of aromatic carboxylic acids is 1. The number of halogens is 1. The van der Waals surface area contributed by atoms with E-state index in [1.807, 2.05) is 12.1 Å². The molecule has 0 radical (unpaired) electrons. The standard InChI is InChI=1S/C19H15ClN2O4/c20-16-6-4-13(5-7-16)8-15-10-18(19(23)24)21(12-15)11-14-2-1-3-17(9-14)22(25)26/h1-7,9-10,12H,8,11H2,(H,23,24). The number of non-ortho nitro benzene ring substituents is 1. The van der Waals surface area contributed by atoms with E-state index in [1.165, 1.54) is 12.1 Å². The molecular formula is C19H15ClN2O4. The van der Waals surface area contributed by atoms with Crippen LogP contribution in [0.4, 0.5) is 5.69 Å². The molecule has 0 atom stereocenters. The molecule has 0 aliphatic heterocycles. The third kappa shape index (κ3) is 4.10. The fraction of sp³-hybridized carbons (Fsp3) is 0.105. The monoisotopic (exact) mass is 370 g/mol. The van der Waals surface area contributed by atoms with E-state index in [2.05, 4.69) is 0 Å². The number of nitro groups is 1. The molecule has 1 heterocycles. The quantitative estimate of drug-likeness (QED) is 0.515. The average molecular weight is 371 g/mol. The summed E-state index contributed by atoms with van der Waals surface area (Å²) in [5.74, 6) is -1.04. The van der Waals surface area contributed by atoms with E-state index >= 15 is 0 Å². The van der Waals surface area contributed by atoms with E-state index in [0.717, 1.165) is 11.1 Å². The number of carboxylic acids is 1. The number of aromatic nitrogens is 1. The molecule has 3 rings (SSSR count). The maximum atomic E-state index is 11.6. The van der Waals surface area contributed by atoms with Gasteiger partial charge in [-0.25, -0.2) is 4.79 Å². The van der Waals surface area contributed by atoms with Crippen molar-refractivity contribution in [3.8, 4) is 0 Å². The Labute approximate surface area is 154 Å². The average Bonchev–Trinajstić information content (AvgIpc) is 3.00. The summed E-state index contributed by atoms with van der Waals surface area (Å²) < 4.78 is 1.59. The van der Waals surface area contributed by atoms with Crippen molar-refractivity contribution in [2.45, 2.75) is 13.0 Å². The Bertz CT molecular complexity index is 964. The molecule has 0 saturated heterocycles. The molecule has 0 spiro atoms. The summed E-state index contributed by atoms with van der Waals surface area (Å²) in [6.45, 7) is 0.240. The summed E-state index contributed by atoms with van der Waals surface area (Å²) >= 11 is 5.88. The maximum absolute atomic E-state index is 11.6. The van der Waals surface area contributed by atoms with Crippen LogP contribution in [0.15, 0.2) is 60.8 Å². The number of benzene rings is 2. The number of carboxylic acid groups (broad SMARTS) is 1. The Morgan fingerprint density at radius 1 is 1.08 bits per heavy atom. The Balaban J connectivity index is 1.87. The minimum Gasteiger partial charge on any atom is -0.477 e. The Hall–Kier alpha value is -3.12. The topological polar surface area (TPSA) is 85.4 Å². The highest BCUT2D eigenvalue weighted by Gasteiger charge is 2.14. The highest BCUT2D eigenvalue weighted by molar-refractivity contribution is 6.30. The van der Waals surface area contributed by atoms with Crippen molar-refractivity contribution in [1.29, 1.82) is 0 Å². The molecule has 0 saturated carbocycles. The first kappa shape index (κ1) is 17.7. The van der Waals surface area contributed by atoms with Crippen LogP contribution in [0.2, 0.25) is 5.02 Å². The van der Waals surface area contributed by atoms with E-state index in [0.29, 0.717) is 17.0 Å². The third-order valence-corrected chi connectivity index (χ3v) is 4.22. The van der Waals surface area contributed by atoms with E-state index in [4.69, 9.17) is 11.6 Å². The van der Waals surface area contributed by atoms with Crippen molar-refractivity contribution in [2.75, 3.05) is 0 Å². The summed E-state index contributed by atoms with van der Waals surface area (Å²) in [5.41, 5.74) is 2.64. The second kappa shape index (κ2) is 7.41. The Morgan fingerprint density at radius 2 is 1.81 bits per heavy atom. The molecule has 0 aliphatic carbocycles. The summed E-state index contributed by atoms with van der Waals surface area (Å²) in [6, 6.07) is 15.1. The molecule has 1 N–H and O–H groups in total. The zero-order chi connectivity index (χ0) is 18.7. The molecule has 0 fully saturated rings. The van der Waals surface area contributed by atoms with Crippen molar-refractivity contribution < 1.29 is 14.8 Å². The maximum Gasteiger partial charge on any atom is 0.352 e. The van der Waals surface area contributed by atoms with Gasteiger partial charge in [-0.2, -0.15) is 0 Å². The van der Waals surface area contributed by atoms with E-state index < -0.39 is 10.9 Å². The van der Waals surface area contributed by atoms with Gasteiger partial charge in [-0.05, 0) is 41.3 Å². The Kier molecular flexibility index (Phi) is 5.04. The van der Waals surface area contributed by atoms with Crippen LogP contribution in [-0.4, -0.2) is 20.6 Å². The van der Waals surface area contributed by atoms with E-state index in [9.17, 15) is 20.0 Å². The van der Waals surface area contributed by atoms with Crippen molar-refractivity contribution in [3.63, 3.8) is 0 Å². The lowest BCUT2D eigenvalue weighted by molar-refractivity contribution is -0.384. The van der Waals surface area contributed by atoms with Gasteiger partial charge in [-0.15, -0.1) is 0 Å². The van der Waals surface area contributed by atoms with E-state index in [-0.39, 0.29) is 17.9 Å². The van der Waals surface area contributed by atoms with Crippen LogP contribution in [0.3, 0.4) is 0 Å². The van der Waals surface area contributed by atoms with Gasteiger partial charge in [0.15, 0.2) is 0 Å². The molecule has 132 valence electrons. The molecule has 0 amide bonds. The number of carbonyl (C=O) groups is 1. The van der Waals surface area contributed by atoms with Crippen LogP contribution in [0.25, 0.3) is 0 Å². The highest BCUT2D eigenvalue weighted by Crippen LogP contribution is 2.19. The smallest absolute Gasteiger partial charge is 0.352 e. The molecule has 3 aromatic rings. The SMILES string of the molecule is O=C(O)c1cc(Cc2ccc(Cl)cc2)cn1Cc1cccc([N+](=O)[O-])c1. The summed E-state index contributed by atoms with van der Waals surface area (Å²) in [5, 5.41) is 21.0. The van der Waals surface area contributed by atoms with Crippen molar-refractivity contribution in [1.82, 2.24) is 4.57 Å². The molecule has 26 heavy (non-hydrogen) atoms. The number of nitro benzene ring substituents is 1. The normalized spacial score (nSPS) is 10.7. The molecular weight excluding hydrogens is 356 g/mol. The minimum atomic E-state index is -1.04.